The summed E-state index contributed by atoms with van der Waals surface area (Å²) in [5.41, 5.74) is 4.31. The van der Waals surface area contributed by atoms with Crippen LogP contribution in [0, 0.1) is 13.8 Å². The number of nitrogens with zero attached hydrogens (tertiary/aromatic N) is 3. The van der Waals surface area contributed by atoms with E-state index >= 15 is 0 Å². The van der Waals surface area contributed by atoms with Crippen LogP contribution in [0.4, 0.5) is 10.8 Å². The first-order chi connectivity index (χ1) is 15.4. The van der Waals surface area contributed by atoms with E-state index in [2.05, 4.69) is 9.98 Å². The third kappa shape index (κ3) is 4.31. The summed E-state index contributed by atoms with van der Waals surface area (Å²) >= 11 is 1.31. The summed E-state index contributed by atoms with van der Waals surface area (Å²) in [6.45, 7) is 5.51. The number of aliphatic imine (C=N–C) groups is 1. The largest absolute Gasteiger partial charge is 0.497 e. The number of anilines is 2. The highest BCUT2D eigenvalue weighted by molar-refractivity contribution is 7.14. The number of carbonyl (C=O) groups excluding carboxylic acids is 2. The molecule has 0 bridgehead atoms. The Bertz CT molecular complexity index is 1260. The number of benzene rings is 2. The van der Waals surface area contributed by atoms with E-state index in [9.17, 15) is 9.59 Å². The Labute approximate surface area is 189 Å². The molecule has 2 heterocycles. The van der Waals surface area contributed by atoms with Gasteiger partial charge in [0.1, 0.15) is 5.75 Å². The number of aryl methyl sites for hydroxylation is 2. The lowest BCUT2D eigenvalue weighted by Gasteiger charge is -2.19. The summed E-state index contributed by atoms with van der Waals surface area (Å²) in [5, 5.41) is 2.28. The summed E-state index contributed by atoms with van der Waals surface area (Å²) in [5.74, 6) is 0.216. The molecule has 0 N–H and O–H groups in total. The summed E-state index contributed by atoms with van der Waals surface area (Å²) in [7, 11) is 1.58. The molecule has 3 aromatic rings. The van der Waals surface area contributed by atoms with Crippen LogP contribution in [0.2, 0.25) is 0 Å². The van der Waals surface area contributed by atoms with Gasteiger partial charge in [0.05, 0.1) is 18.5 Å². The van der Waals surface area contributed by atoms with Crippen molar-refractivity contribution in [3.8, 4) is 5.75 Å². The molecule has 0 saturated carbocycles. The van der Waals surface area contributed by atoms with E-state index < -0.39 is 5.97 Å². The van der Waals surface area contributed by atoms with Gasteiger partial charge in [0.25, 0.3) is 0 Å². The van der Waals surface area contributed by atoms with Crippen molar-refractivity contribution in [2.24, 2.45) is 4.99 Å². The average molecular weight is 448 g/mol. The predicted octanol–water partition coefficient (Wildman–Crippen LogP) is 4.80. The highest BCUT2D eigenvalue weighted by Gasteiger charge is 2.25. The van der Waals surface area contributed by atoms with Crippen molar-refractivity contribution in [2.75, 3.05) is 12.0 Å². The zero-order chi connectivity index (χ0) is 22.8. The van der Waals surface area contributed by atoms with Crippen molar-refractivity contribution in [1.82, 2.24) is 4.98 Å². The molecule has 0 aliphatic carbocycles. The Balaban J connectivity index is 1.62. The molecule has 32 heavy (non-hydrogen) atoms. The van der Waals surface area contributed by atoms with Gasteiger partial charge in [0, 0.05) is 17.9 Å². The number of amides is 1. The molecule has 0 radical (unpaired) electrons. The van der Waals surface area contributed by atoms with Crippen LogP contribution >= 0.6 is 11.3 Å². The number of hydrogen-bond acceptors (Lipinski definition) is 7. The van der Waals surface area contributed by atoms with Crippen LogP contribution in [0.25, 0.3) is 6.08 Å². The van der Waals surface area contributed by atoms with Crippen molar-refractivity contribution in [2.45, 2.75) is 20.8 Å². The van der Waals surface area contributed by atoms with Crippen LogP contribution in [0.1, 0.15) is 29.3 Å². The number of cyclic esters (lactones) is 1. The van der Waals surface area contributed by atoms with Gasteiger partial charge < -0.3 is 9.47 Å². The minimum absolute atomic E-state index is 0.147. The van der Waals surface area contributed by atoms with Gasteiger partial charge in [0.2, 0.25) is 11.8 Å². The molecule has 0 atom stereocenters. The molecule has 1 aromatic heterocycles. The van der Waals surface area contributed by atoms with Crippen molar-refractivity contribution >= 4 is 46.0 Å². The lowest BCUT2D eigenvalue weighted by molar-refractivity contribution is -0.130. The molecular formula is C24H21N3O4S. The second-order valence-corrected chi connectivity index (χ2v) is 8.08. The van der Waals surface area contributed by atoms with Crippen LogP contribution in [0.15, 0.2) is 58.5 Å². The normalized spacial score (nSPS) is 14.3. The van der Waals surface area contributed by atoms with Gasteiger partial charge in [-0.1, -0.05) is 6.07 Å². The number of ether oxygens (including phenoxy) is 2. The van der Waals surface area contributed by atoms with Crippen LogP contribution in [0.5, 0.6) is 5.75 Å². The Morgan fingerprint density at radius 1 is 1.12 bits per heavy atom. The Kier molecular flexibility index (Phi) is 5.87. The van der Waals surface area contributed by atoms with E-state index in [1.807, 2.05) is 32.0 Å². The SMILES string of the molecule is COc1ccc(C2=N/C(=C\c3csc(N(C(C)=O)c4ccc(C)c(C)c4)n3)C(=O)O2)cc1. The highest BCUT2D eigenvalue weighted by Crippen LogP contribution is 2.31. The first-order valence-electron chi connectivity index (χ1n) is 9.86. The molecule has 0 unspecified atom stereocenters. The topological polar surface area (TPSA) is 81.1 Å². The fourth-order valence-electron chi connectivity index (χ4n) is 3.14. The van der Waals surface area contributed by atoms with Crippen molar-refractivity contribution in [3.63, 3.8) is 0 Å². The van der Waals surface area contributed by atoms with Crippen LogP contribution < -0.4 is 9.64 Å². The molecule has 7 nitrogen and oxygen atoms in total. The minimum atomic E-state index is -0.553. The first-order valence-corrected chi connectivity index (χ1v) is 10.7. The van der Waals surface area contributed by atoms with Crippen molar-refractivity contribution < 1.29 is 19.1 Å². The third-order valence-electron chi connectivity index (χ3n) is 5.01. The predicted molar refractivity (Wildman–Crippen MR) is 124 cm³/mol. The van der Waals surface area contributed by atoms with E-state index in [1.54, 1.807) is 47.7 Å². The quantitative estimate of drug-likeness (QED) is 0.415. The zero-order valence-electron chi connectivity index (χ0n) is 18.1. The van der Waals surface area contributed by atoms with Crippen LogP contribution in [0.3, 0.4) is 0 Å². The second-order valence-electron chi connectivity index (χ2n) is 7.24. The number of esters is 1. The summed E-state index contributed by atoms with van der Waals surface area (Å²) < 4.78 is 10.4. The molecule has 0 spiro atoms. The number of hydrogen-bond donors (Lipinski definition) is 0. The maximum atomic E-state index is 12.4. The first kappa shape index (κ1) is 21.5. The molecule has 8 heteroatoms. The monoisotopic (exact) mass is 447 g/mol. The van der Waals surface area contributed by atoms with E-state index in [0.717, 1.165) is 16.8 Å². The third-order valence-corrected chi connectivity index (χ3v) is 5.85. The fraction of sp³-hybridized carbons (Fsp3) is 0.167. The van der Waals surface area contributed by atoms with E-state index in [-0.39, 0.29) is 17.5 Å². The van der Waals surface area contributed by atoms with Gasteiger partial charge >= 0.3 is 5.97 Å². The Morgan fingerprint density at radius 2 is 1.88 bits per heavy atom. The lowest BCUT2D eigenvalue weighted by atomic mass is 10.1. The summed E-state index contributed by atoms with van der Waals surface area (Å²) in [4.78, 5) is 35.1. The molecular weight excluding hydrogens is 426 g/mol. The van der Waals surface area contributed by atoms with Crippen LogP contribution in [-0.4, -0.2) is 29.9 Å². The van der Waals surface area contributed by atoms with Gasteiger partial charge in [-0.2, -0.15) is 0 Å². The van der Waals surface area contributed by atoms with Crippen molar-refractivity contribution in [3.05, 3.63) is 75.9 Å². The lowest BCUT2D eigenvalue weighted by Crippen LogP contribution is -2.22. The number of rotatable bonds is 5. The van der Waals surface area contributed by atoms with Crippen LogP contribution in [-0.2, 0) is 14.3 Å². The van der Waals surface area contributed by atoms with E-state index in [1.165, 1.54) is 18.3 Å². The summed E-state index contributed by atoms with van der Waals surface area (Å²) in [6, 6.07) is 12.9. The van der Waals surface area contributed by atoms with E-state index in [4.69, 9.17) is 9.47 Å². The second kappa shape index (κ2) is 8.76. The smallest absolute Gasteiger partial charge is 0.363 e. The van der Waals surface area contributed by atoms with Gasteiger partial charge in [-0.3, -0.25) is 9.69 Å². The van der Waals surface area contributed by atoms with E-state index in [0.29, 0.717) is 22.1 Å². The van der Waals surface area contributed by atoms with Gasteiger partial charge in [0.15, 0.2) is 10.8 Å². The highest BCUT2D eigenvalue weighted by atomic mass is 32.1. The molecule has 0 fully saturated rings. The maximum Gasteiger partial charge on any atom is 0.363 e. The molecule has 1 aliphatic heterocycles. The summed E-state index contributed by atoms with van der Waals surface area (Å²) in [6.07, 6.45) is 1.55. The number of carbonyl (C=O) groups is 2. The number of aromatic nitrogens is 1. The molecule has 2 aromatic carbocycles. The Hall–Kier alpha value is -3.78. The maximum absolute atomic E-state index is 12.4. The molecule has 162 valence electrons. The number of methoxy groups -OCH3 is 1. The zero-order valence-corrected chi connectivity index (χ0v) is 18.9. The standard InChI is InChI=1S/C24H21N3O4S/c1-14-5-8-19(11-15(14)2)27(16(3)28)24-25-18(13-32-24)12-21-23(29)31-22(26-21)17-6-9-20(30-4)10-7-17/h5-13H,1-4H3/b21-12-. The minimum Gasteiger partial charge on any atom is -0.497 e. The van der Waals surface area contributed by atoms with Gasteiger partial charge in [-0.05, 0) is 67.4 Å². The molecule has 4 rings (SSSR count). The fourth-order valence-corrected chi connectivity index (χ4v) is 3.99. The Morgan fingerprint density at radius 3 is 2.53 bits per heavy atom. The number of thiazole rings is 1. The average Bonchev–Trinajstić information content (AvgIpc) is 3.37. The van der Waals surface area contributed by atoms with Gasteiger partial charge in [-0.25, -0.2) is 14.8 Å². The van der Waals surface area contributed by atoms with Gasteiger partial charge in [-0.15, -0.1) is 11.3 Å². The molecule has 1 aliphatic rings. The molecule has 0 saturated heterocycles. The van der Waals surface area contributed by atoms with Crippen molar-refractivity contribution in [1.29, 1.82) is 0 Å². The molecule has 1 amide bonds.